The number of carboxylic acid groups (broad SMARTS) is 1. The second kappa shape index (κ2) is 5.39. The Morgan fingerprint density at radius 2 is 1.90 bits per heavy atom. The summed E-state index contributed by atoms with van der Waals surface area (Å²) in [5, 5.41) is 18.4. The summed E-state index contributed by atoms with van der Waals surface area (Å²) in [7, 11) is 0. The van der Waals surface area contributed by atoms with E-state index in [-0.39, 0.29) is 17.2 Å². The van der Waals surface area contributed by atoms with Gasteiger partial charge in [0.05, 0.1) is 5.56 Å². The summed E-state index contributed by atoms with van der Waals surface area (Å²) in [4.78, 5) is 10.6. The van der Waals surface area contributed by atoms with Gasteiger partial charge in [-0.3, -0.25) is 0 Å². The third-order valence-corrected chi connectivity index (χ3v) is 2.71. The number of benzene rings is 1. The molecule has 0 aliphatic carbocycles. The first kappa shape index (κ1) is 14.8. The Morgan fingerprint density at radius 3 is 2.43 bits per heavy atom. The van der Waals surface area contributed by atoms with Gasteiger partial charge in [-0.2, -0.15) is 13.2 Å². The lowest BCUT2D eigenvalue weighted by atomic mass is 10.1. The zero-order chi connectivity index (χ0) is 15.6. The molecule has 2 N–H and O–H groups in total. The van der Waals surface area contributed by atoms with Gasteiger partial charge in [0.2, 0.25) is 0 Å². The molecule has 0 aliphatic heterocycles. The molecule has 0 saturated carbocycles. The van der Waals surface area contributed by atoms with Gasteiger partial charge >= 0.3 is 12.1 Å². The highest BCUT2D eigenvalue weighted by Gasteiger charge is 2.30. The molecule has 0 spiro atoms. The summed E-state index contributed by atoms with van der Waals surface area (Å²) in [6.07, 6.45) is -4.44. The van der Waals surface area contributed by atoms with E-state index in [1.807, 2.05) is 0 Å². The molecule has 0 radical (unpaired) electrons. The van der Waals surface area contributed by atoms with Crippen LogP contribution in [0.3, 0.4) is 0 Å². The number of aromatic carboxylic acids is 1. The van der Waals surface area contributed by atoms with Crippen molar-refractivity contribution in [3.05, 3.63) is 47.2 Å². The molecule has 2 rings (SSSR count). The van der Waals surface area contributed by atoms with Gasteiger partial charge in [-0.1, -0.05) is 6.07 Å². The molecule has 8 heteroatoms. The van der Waals surface area contributed by atoms with Crippen molar-refractivity contribution < 1.29 is 23.1 Å². The van der Waals surface area contributed by atoms with E-state index in [4.69, 9.17) is 5.11 Å². The maximum absolute atomic E-state index is 12.7. The van der Waals surface area contributed by atoms with Gasteiger partial charge in [-0.05, 0) is 36.8 Å². The van der Waals surface area contributed by atoms with Crippen LogP contribution >= 0.6 is 0 Å². The minimum Gasteiger partial charge on any atom is -0.476 e. The van der Waals surface area contributed by atoms with Gasteiger partial charge in [0.15, 0.2) is 11.5 Å². The first-order chi connectivity index (χ1) is 9.77. The molecule has 0 amide bonds. The number of nitrogens with one attached hydrogen (secondary N) is 1. The Balaban J connectivity index is 2.28. The number of aryl methyl sites for hydroxylation is 1. The molecule has 1 aromatic carbocycles. The summed E-state index contributed by atoms with van der Waals surface area (Å²) < 4.78 is 38.0. The van der Waals surface area contributed by atoms with Crippen LogP contribution in [0.2, 0.25) is 0 Å². The molecule has 0 atom stereocenters. The van der Waals surface area contributed by atoms with Crippen LogP contribution < -0.4 is 5.32 Å². The van der Waals surface area contributed by atoms with E-state index in [1.165, 1.54) is 18.2 Å². The molecule has 0 fully saturated rings. The van der Waals surface area contributed by atoms with E-state index < -0.39 is 17.7 Å². The fourth-order valence-electron chi connectivity index (χ4n) is 1.58. The number of carbonyl (C=O) groups is 1. The van der Waals surface area contributed by atoms with Crippen molar-refractivity contribution in [1.29, 1.82) is 0 Å². The van der Waals surface area contributed by atoms with E-state index in [2.05, 4.69) is 15.5 Å². The second-order valence-electron chi connectivity index (χ2n) is 4.26. The Labute approximate surface area is 117 Å². The van der Waals surface area contributed by atoms with Crippen molar-refractivity contribution in [2.75, 3.05) is 5.32 Å². The van der Waals surface area contributed by atoms with Gasteiger partial charge in [-0.25, -0.2) is 4.79 Å². The lowest BCUT2D eigenvalue weighted by molar-refractivity contribution is -0.137. The molecular formula is C13H10F3N3O2. The largest absolute Gasteiger partial charge is 0.476 e. The van der Waals surface area contributed by atoms with Crippen molar-refractivity contribution in [2.45, 2.75) is 13.1 Å². The van der Waals surface area contributed by atoms with Crippen LogP contribution in [-0.2, 0) is 6.18 Å². The first-order valence-corrected chi connectivity index (χ1v) is 5.79. The van der Waals surface area contributed by atoms with Gasteiger partial charge in [0.25, 0.3) is 0 Å². The maximum atomic E-state index is 12.7. The Morgan fingerprint density at radius 1 is 1.19 bits per heavy atom. The number of halogens is 3. The highest BCUT2D eigenvalue weighted by Crippen LogP contribution is 2.32. The molecule has 0 bridgehead atoms. The minimum atomic E-state index is -4.44. The molecule has 110 valence electrons. The maximum Gasteiger partial charge on any atom is 0.416 e. The van der Waals surface area contributed by atoms with Crippen LogP contribution in [0.5, 0.6) is 0 Å². The summed E-state index contributed by atoms with van der Waals surface area (Å²) in [5.74, 6) is -1.08. The smallest absolute Gasteiger partial charge is 0.416 e. The molecule has 5 nitrogen and oxygen atoms in total. The van der Waals surface area contributed by atoms with E-state index in [0.29, 0.717) is 5.56 Å². The number of hydrogen-bond donors (Lipinski definition) is 2. The predicted octanol–water partition coefficient (Wildman–Crippen LogP) is 3.25. The zero-order valence-electron chi connectivity index (χ0n) is 10.8. The van der Waals surface area contributed by atoms with Crippen LogP contribution in [0, 0.1) is 6.92 Å². The van der Waals surface area contributed by atoms with Crippen LogP contribution in [0.15, 0.2) is 30.3 Å². The molecule has 2 aromatic rings. The number of anilines is 2. The lowest BCUT2D eigenvalue weighted by Gasteiger charge is -2.12. The number of aromatic nitrogens is 2. The second-order valence-corrected chi connectivity index (χ2v) is 4.26. The van der Waals surface area contributed by atoms with Gasteiger partial charge in [0, 0.05) is 5.69 Å². The Kier molecular flexibility index (Phi) is 3.79. The standard InChI is InChI=1S/C13H10F3N3O2/c1-7-2-3-8(13(14,15)16)6-10(7)17-11-5-4-9(12(20)21)18-19-11/h2-6H,1H3,(H,17,19)(H,20,21). The minimum absolute atomic E-state index is 0.155. The molecule has 0 unspecified atom stereocenters. The van der Waals surface area contributed by atoms with Gasteiger partial charge in [-0.15, -0.1) is 10.2 Å². The third kappa shape index (κ3) is 3.47. The lowest BCUT2D eigenvalue weighted by Crippen LogP contribution is -2.07. The zero-order valence-corrected chi connectivity index (χ0v) is 10.8. The van der Waals surface area contributed by atoms with Crippen molar-refractivity contribution in [3.8, 4) is 0 Å². The third-order valence-electron chi connectivity index (χ3n) is 2.71. The SMILES string of the molecule is Cc1ccc(C(F)(F)F)cc1Nc1ccc(C(=O)O)nn1. The Hall–Kier alpha value is -2.64. The monoisotopic (exact) mass is 297 g/mol. The Bertz CT molecular complexity index is 669. The van der Waals surface area contributed by atoms with Crippen LogP contribution in [-0.4, -0.2) is 21.3 Å². The molecule has 1 aromatic heterocycles. The van der Waals surface area contributed by atoms with Crippen LogP contribution in [0.25, 0.3) is 0 Å². The highest BCUT2D eigenvalue weighted by atomic mass is 19.4. The van der Waals surface area contributed by atoms with Crippen molar-refractivity contribution in [3.63, 3.8) is 0 Å². The predicted molar refractivity (Wildman–Crippen MR) is 68.5 cm³/mol. The summed E-state index contributed by atoms with van der Waals surface area (Å²) in [5.41, 5.74) is -0.221. The summed E-state index contributed by atoms with van der Waals surface area (Å²) in [6, 6.07) is 5.82. The number of hydrogen-bond acceptors (Lipinski definition) is 4. The van der Waals surface area contributed by atoms with E-state index in [9.17, 15) is 18.0 Å². The van der Waals surface area contributed by atoms with E-state index in [0.717, 1.165) is 12.1 Å². The fraction of sp³-hybridized carbons (Fsp3) is 0.154. The summed E-state index contributed by atoms with van der Waals surface area (Å²) in [6.45, 7) is 1.64. The average Bonchev–Trinajstić information content (AvgIpc) is 2.40. The normalized spacial score (nSPS) is 11.2. The average molecular weight is 297 g/mol. The number of carboxylic acids is 1. The topological polar surface area (TPSA) is 75.1 Å². The van der Waals surface area contributed by atoms with E-state index >= 15 is 0 Å². The van der Waals surface area contributed by atoms with E-state index in [1.54, 1.807) is 6.92 Å². The molecule has 1 heterocycles. The fourth-order valence-corrected chi connectivity index (χ4v) is 1.58. The number of rotatable bonds is 3. The van der Waals surface area contributed by atoms with Crippen LogP contribution in [0.1, 0.15) is 21.6 Å². The van der Waals surface area contributed by atoms with Gasteiger partial charge < -0.3 is 10.4 Å². The van der Waals surface area contributed by atoms with Gasteiger partial charge in [0.1, 0.15) is 0 Å². The van der Waals surface area contributed by atoms with Crippen molar-refractivity contribution in [2.24, 2.45) is 0 Å². The molecular weight excluding hydrogens is 287 g/mol. The molecule has 0 aliphatic rings. The highest BCUT2D eigenvalue weighted by molar-refractivity contribution is 5.85. The number of nitrogens with zero attached hydrogens (tertiary/aromatic N) is 2. The first-order valence-electron chi connectivity index (χ1n) is 5.79. The van der Waals surface area contributed by atoms with Crippen LogP contribution in [0.4, 0.5) is 24.7 Å². The van der Waals surface area contributed by atoms with Crippen molar-refractivity contribution >= 4 is 17.5 Å². The van der Waals surface area contributed by atoms with Crippen molar-refractivity contribution in [1.82, 2.24) is 10.2 Å². The number of alkyl halides is 3. The molecule has 0 saturated heterocycles. The summed E-state index contributed by atoms with van der Waals surface area (Å²) >= 11 is 0. The molecule has 21 heavy (non-hydrogen) atoms. The quantitative estimate of drug-likeness (QED) is 0.909.